The summed E-state index contributed by atoms with van der Waals surface area (Å²) < 4.78 is 0. The number of carbonyl (C=O) groups is 1. The summed E-state index contributed by atoms with van der Waals surface area (Å²) in [5, 5.41) is 2.90. The average molecular weight is 264 g/mol. The van der Waals surface area contributed by atoms with Crippen LogP contribution in [-0.4, -0.2) is 24.0 Å². The lowest BCUT2D eigenvalue weighted by atomic mass is 10.1. The highest BCUT2D eigenvalue weighted by molar-refractivity contribution is 7.99. The van der Waals surface area contributed by atoms with Crippen molar-refractivity contribution in [2.75, 3.05) is 23.8 Å². The Balaban J connectivity index is 2.17. The van der Waals surface area contributed by atoms with Crippen LogP contribution >= 0.6 is 11.8 Å². The Morgan fingerprint density at radius 1 is 1.44 bits per heavy atom. The molecule has 0 radical (unpaired) electrons. The van der Waals surface area contributed by atoms with Gasteiger partial charge in [-0.3, -0.25) is 4.79 Å². The van der Waals surface area contributed by atoms with Crippen molar-refractivity contribution in [3.8, 4) is 0 Å². The first kappa shape index (κ1) is 14.6. The second-order valence-electron chi connectivity index (χ2n) is 3.91. The minimum Gasteiger partial charge on any atom is -0.399 e. The summed E-state index contributed by atoms with van der Waals surface area (Å²) in [4.78, 5) is 11.6. The van der Waals surface area contributed by atoms with Crippen molar-refractivity contribution in [2.45, 2.75) is 12.8 Å². The van der Waals surface area contributed by atoms with E-state index in [0.717, 1.165) is 22.8 Å². The van der Waals surface area contributed by atoms with Gasteiger partial charge in [-0.25, -0.2) is 0 Å². The van der Waals surface area contributed by atoms with E-state index in [9.17, 15) is 4.79 Å². The number of aryl methyl sites for hydroxylation is 1. The van der Waals surface area contributed by atoms with Crippen LogP contribution in [0.2, 0.25) is 0 Å². The van der Waals surface area contributed by atoms with Crippen LogP contribution in [0.4, 0.5) is 5.69 Å². The molecule has 0 fully saturated rings. The molecule has 0 atom stereocenters. The fourth-order valence-electron chi connectivity index (χ4n) is 1.53. The van der Waals surface area contributed by atoms with Crippen molar-refractivity contribution in [3.05, 3.63) is 42.5 Å². The van der Waals surface area contributed by atoms with E-state index >= 15 is 0 Å². The fraction of sp³-hybridized carbons (Fsp3) is 0.357. The number of hydrogen-bond donors (Lipinski definition) is 2. The van der Waals surface area contributed by atoms with Crippen LogP contribution in [-0.2, 0) is 11.2 Å². The average Bonchev–Trinajstić information content (AvgIpc) is 2.37. The zero-order valence-electron chi connectivity index (χ0n) is 10.5. The van der Waals surface area contributed by atoms with E-state index in [1.54, 1.807) is 11.8 Å². The van der Waals surface area contributed by atoms with Gasteiger partial charge < -0.3 is 11.1 Å². The van der Waals surface area contributed by atoms with E-state index in [1.807, 2.05) is 30.3 Å². The highest BCUT2D eigenvalue weighted by Crippen LogP contribution is 2.12. The van der Waals surface area contributed by atoms with Gasteiger partial charge in [-0.2, -0.15) is 11.8 Å². The van der Waals surface area contributed by atoms with Crippen molar-refractivity contribution < 1.29 is 4.79 Å². The minimum atomic E-state index is 0.0810. The largest absolute Gasteiger partial charge is 0.399 e. The zero-order chi connectivity index (χ0) is 13.2. The zero-order valence-corrected chi connectivity index (χ0v) is 11.3. The van der Waals surface area contributed by atoms with Crippen LogP contribution in [0.1, 0.15) is 12.0 Å². The molecule has 0 bridgehead atoms. The summed E-state index contributed by atoms with van der Waals surface area (Å²) in [7, 11) is 0. The standard InChI is InChI=1S/C14H20N2OS/c1-2-10-18-11-9-16-14(17)8-7-12-5-3-4-6-13(12)15/h2-6H,1,7-11,15H2,(H,16,17). The van der Waals surface area contributed by atoms with Crippen molar-refractivity contribution in [2.24, 2.45) is 0 Å². The third-order valence-corrected chi connectivity index (χ3v) is 3.44. The summed E-state index contributed by atoms with van der Waals surface area (Å²) in [6.45, 7) is 4.35. The highest BCUT2D eigenvalue weighted by atomic mass is 32.2. The normalized spacial score (nSPS) is 10.0. The van der Waals surface area contributed by atoms with Gasteiger partial charge in [-0.05, 0) is 18.1 Å². The number of thioether (sulfide) groups is 1. The summed E-state index contributed by atoms with van der Waals surface area (Å²) >= 11 is 1.76. The Kier molecular flexibility index (Phi) is 7.03. The van der Waals surface area contributed by atoms with Crippen LogP contribution in [0.25, 0.3) is 0 Å². The monoisotopic (exact) mass is 264 g/mol. The fourth-order valence-corrected chi connectivity index (χ4v) is 2.11. The van der Waals surface area contributed by atoms with Crippen LogP contribution in [0.3, 0.4) is 0 Å². The smallest absolute Gasteiger partial charge is 0.220 e. The quantitative estimate of drug-likeness (QED) is 0.430. The molecule has 3 N–H and O–H groups in total. The number of nitrogen functional groups attached to an aromatic ring is 1. The number of hydrogen-bond acceptors (Lipinski definition) is 3. The van der Waals surface area contributed by atoms with Crippen LogP contribution in [0, 0.1) is 0 Å². The summed E-state index contributed by atoms with van der Waals surface area (Å²) in [6.07, 6.45) is 3.04. The Morgan fingerprint density at radius 2 is 2.22 bits per heavy atom. The third kappa shape index (κ3) is 5.77. The molecule has 1 amide bonds. The van der Waals surface area contributed by atoms with Crippen molar-refractivity contribution in [1.29, 1.82) is 0 Å². The SMILES string of the molecule is C=CCSCCNC(=O)CCc1ccccc1N. The molecule has 0 saturated carbocycles. The maximum atomic E-state index is 11.6. The van der Waals surface area contributed by atoms with Gasteiger partial charge in [-0.15, -0.1) is 6.58 Å². The molecule has 1 aromatic carbocycles. The summed E-state index contributed by atoms with van der Waals surface area (Å²) in [5.74, 6) is 1.93. The maximum absolute atomic E-state index is 11.6. The topological polar surface area (TPSA) is 55.1 Å². The lowest BCUT2D eigenvalue weighted by Gasteiger charge is -2.06. The van der Waals surface area contributed by atoms with E-state index in [4.69, 9.17) is 5.73 Å². The van der Waals surface area contributed by atoms with E-state index in [2.05, 4.69) is 11.9 Å². The van der Waals surface area contributed by atoms with Crippen LogP contribution in [0.15, 0.2) is 36.9 Å². The molecule has 0 heterocycles. The third-order valence-electron chi connectivity index (χ3n) is 2.48. The predicted octanol–water partition coefficient (Wildman–Crippen LogP) is 2.24. The Hall–Kier alpha value is -1.42. The number of nitrogens with two attached hydrogens (primary N) is 1. The predicted molar refractivity (Wildman–Crippen MR) is 79.7 cm³/mol. The van der Waals surface area contributed by atoms with E-state index in [-0.39, 0.29) is 5.91 Å². The lowest BCUT2D eigenvalue weighted by molar-refractivity contribution is -0.120. The second-order valence-corrected chi connectivity index (χ2v) is 5.06. The van der Waals surface area contributed by atoms with Gasteiger partial charge in [0.15, 0.2) is 0 Å². The van der Waals surface area contributed by atoms with Gasteiger partial charge in [0.2, 0.25) is 5.91 Å². The van der Waals surface area contributed by atoms with Crippen molar-refractivity contribution in [1.82, 2.24) is 5.32 Å². The van der Waals surface area contributed by atoms with E-state index < -0.39 is 0 Å². The molecule has 1 aromatic rings. The molecule has 0 saturated heterocycles. The molecule has 4 heteroatoms. The van der Waals surface area contributed by atoms with Gasteiger partial charge >= 0.3 is 0 Å². The number of anilines is 1. The highest BCUT2D eigenvalue weighted by Gasteiger charge is 2.03. The molecular formula is C14H20N2OS. The molecule has 0 aliphatic heterocycles. The van der Waals surface area contributed by atoms with Crippen LogP contribution < -0.4 is 11.1 Å². The molecular weight excluding hydrogens is 244 g/mol. The van der Waals surface area contributed by atoms with Gasteiger partial charge in [0.25, 0.3) is 0 Å². The summed E-state index contributed by atoms with van der Waals surface area (Å²) in [6, 6.07) is 7.66. The molecule has 0 spiro atoms. The molecule has 1 rings (SSSR count). The first-order valence-corrected chi connectivity index (χ1v) is 7.18. The van der Waals surface area contributed by atoms with E-state index in [1.165, 1.54) is 0 Å². The molecule has 0 aliphatic rings. The van der Waals surface area contributed by atoms with Gasteiger partial charge in [-0.1, -0.05) is 24.3 Å². The molecule has 0 aliphatic carbocycles. The number of rotatable bonds is 8. The number of nitrogens with one attached hydrogen (secondary N) is 1. The first-order valence-electron chi connectivity index (χ1n) is 6.02. The summed E-state index contributed by atoms with van der Waals surface area (Å²) in [5.41, 5.74) is 7.61. The van der Waals surface area contributed by atoms with Crippen LogP contribution in [0.5, 0.6) is 0 Å². The molecule has 18 heavy (non-hydrogen) atoms. The van der Waals surface area contributed by atoms with E-state index in [0.29, 0.717) is 19.4 Å². The number of amides is 1. The Labute approximate surface area is 113 Å². The molecule has 0 aromatic heterocycles. The number of para-hydroxylation sites is 1. The Bertz CT molecular complexity index is 393. The van der Waals surface area contributed by atoms with Gasteiger partial charge in [0.1, 0.15) is 0 Å². The van der Waals surface area contributed by atoms with Gasteiger partial charge in [0.05, 0.1) is 0 Å². The minimum absolute atomic E-state index is 0.0810. The lowest BCUT2D eigenvalue weighted by Crippen LogP contribution is -2.26. The maximum Gasteiger partial charge on any atom is 0.220 e. The molecule has 0 unspecified atom stereocenters. The molecule has 98 valence electrons. The first-order chi connectivity index (χ1) is 8.74. The number of benzene rings is 1. The van der Waals surface area contributed by atoms with Gasteiger partial charge in [0, 0.05) is 30.2 Å². The van der Waals surface area contributed by atoms with Crippen molar-refractivity contribution in [3.63, 3.8) is 0 Å². The number of carbonyl (C=O) groups excluding carboxylic acids is 1. The molecule has 3 nitrogen and oxygen atoms in total. The Morgan fingerprint density at radius 3 is 2.94 bits per heavy atom. The van der Waals surface area contributed by atoms with Crippen molar-refractivity contribution >= 4 is 23.4 Å². The second kappa shape index (κ2) is 8.64.